The molecule has 0 bridgehead atoms. The van der Waals surface area contributed by atoms with E-state index in [1.54, 1.807) is 18.2 Å². The SMILES string of the molecule is CCOc1cc(CN2CCC[C@@H](C(=O)c3cccc(Cl)c3)C2)ccc1O. The Hall–Kier alpha value is -2.04. The molecule has 0 spiro atoms. The second-order valence-corrected chi connectivity index (χ2v) is 7.12. The van der Waals surface area contributed by atoms with E-state index >= 15 is 0 Å². The van der Waals surface area contributed by atoms with Gasteiger partial charge in [0.25, 0.3) is 0 Å². The van der Waals surface area contributed by atoms with Gasteiger partial charge in [-0.25, -0.2) is 0 Å². The van der Waals surface area contributed by atoms with Gasteiger partial charge in [-0.2, -0.15) is 0 Å². The Balaban J connectivity index is 1.67. The van der Waals surface area contributed by atoms with E-state index in [-0.39, 0.29) is 17.5 Å². The molecule has 1 saturated heterocycles. The molecule has 0 saturated carbocycles. The third-order valence-electron chi connectivity index (χ3n) is 4.72. The molecule has 3 rings (SSSR count). The number of piperidine rings is 1. The van der Waals surface area contributed by atoms with Crippen LogP contribution in [0.5, 0.6) is 11.5 Å². The number of carbonyl (C=O) groups excluding carboxylic acids is 1. The highest BCUT2D eigenvalue weighted by molar-refractivity contribution is 6.31. The van der Waals surface area contributed by atoms with E-state index in [4.69, 9.17) is 16.3 Å². The highest BCUT2D eigenvalue weighted by Crippen LogP contribution is 2.29. The van der Waals surface area contributed by atoms with Crippen LogP contribution in [0, 0.1) is 5.92 Å². The number of phenols is 1. The van der Waals surface area contributed by atoms with Crippen LogP contribution < -0.4 is 4.74 Å². The number of hydrogen-bond donors (Lipinski definition) is 1. The van der Waals surface area contributed by atoms with Crippen molar-refractivity contribution >= 4 is 17.4 Å². The van der Waals surface area contributed by atoms with E-state index in [0.29, 0.717) is 22.9 Å². The highest BCUT2D eigenvalue weighted by Gasteiger charge is 2.26. The minimum Gasteiger partial charge on any atom is -0.504 e. The number of carbonyl (C=O) groups is 1. The Bertz CT molecular complexity index is 778. The van der Waals surface area contributed by atoms with E-state index in [2.05, 4.69) is 4.90 Å². The largest absolute Gasteiger partial charge is 0.504 e. The van der Waals surface area contributed by atoms with Gasteiger partial charge in [-0.15, -0.1) is 0 Å². The standard InChI is InChI=1S/C21H24ClNO3/c1-2-26-20-11-15(8-9-19(20)24)13-23-10-4-6-17(14-23)21(25)16-5-3-7-18(22)12-16/h3,5,7-9,11-12,17,24H,2,4,6,10,13-14H2,1H3/t17-/m1/s1. The van der Waals surface area contributed by atoms with Crippen molar-refractivity contribution in [2.45, 2.75) is 26.3 Å². The molecule has 1 aliphatic heterocycles. The molecule has 2 aromatic rings. The number of Topliss-reactive ketones (excluding diaryl/α,β-unsaturated/α-hetero) is 1. The fourth-order valence-electron chi connectivity index (χ4n) is 3.48. The summed E-state index contributed by atoms with van der Waals surface area (Å²) in [5.74, 6) is 0.820. The molecule has 1 atom stereocenters. The molecule has 0 aromatic heterocycles. The summed E-state index contributed by atoms with van der Waals surface area (Å²) in [7, 11) is 0. The molecule has 5 heteroatoms. The molecule has 1 fully saturated rings. The Labute approximate surface area is 159 Å². The van der Waals surface area contributed by atoms with Crippen molar-refractivity contribution < 1.29 is 14.6 Å². The lowest BCUT2D eigenvalue weighted by Crippen LogP contribution is -2.38. The number of likely N-dealkylation sites (tertiary alicyclic amines) is 1. The average Bonchev–Trinajstić information content (AvgIpc) is 2.64. The first kappa shape index (κ1) is 18.7. The molecular weight excluding hydrogens is 350 g/mol. The van der Waals surface area contributed by atoms with Crippen LogP contribution in [0.3, 0.4) is 0 Å². The molecule has 0 unspecified atom stereocenters. The van der Waals surface area contributed by atoms with Gasteiger partial charge in [0.15, 0.2) is 17.3 Å². The predicted octanol–water partition coefficient (Wildman–Crippen LogP) is 4.54. The average molecular weight is 374 g/mol. The summed E-state index contributed by atoms with van der Waals surface area (Å²) < 4.78 is 5.46. The maximum absolute atomic E-state index is 12.8. The zero-order valence-corrected chi connectivity index (χ0v) is 15.7. The lowest BCUT2D eigenvalue weighted by atomic mass is 9.90. The van der Waals surface area contributed by atoms with Crippen molar-refractivity contribution in [1.82, 2.24) is 4.90 Å². The van der Waals surface area contributed by atoms with Crippen molar-refractivity contribution in [3.63, 3.8) is 0 Å². The van der Waals surface area contributed by atoms with Crippen LogP contribution in [0.1, 0.15) is 35.7 Å². The summed E-state index contributed by atoms with van der Waals surface area (Å²) in [5, 5.41) is 10.4. The zero-order chi connectivity index (χ0) is 18.5. The fraction of sp³-hybridized carbons (Fsp3) is 0.381. The van der Waals surface area contributed by atoms with Crippen molar-refractivity contribution in [3.8, 4) is 11.5 Å². The molecule has 0 aliphatic carbocycles. The number of aromatic hydroxyl groups is 1. The molecule has 1 heterocycles. The lowest BCUT2D eigenvalue weighted by Gasteiger charge is -2.32. The molecule has 0 amide bonds. The first-order chi connectivity index (χ1) is 12.6. The smallest absolute Gasteiger partial charge is 0.167 e. The van der Waals surface area contributed by atoms with Gasteiger partial charge in [0.2, 0.25) is 0 Å². The maximum atomic E-state index is 12.8. The number of halogens is 1. The summed E-state index contributed by atoms with van der Waals surface area (Å²) in [4.78, 5) is 15.1. The van der Waals surface area contributed by atoms with Gasteiger partial charge < -0.3 is 9.84 Å². The van der Waals surface area contributed by atoms with Crippen molar-refractivity contribution in [2.24, 2.45) is 5.92 Å². The van der Waals surface area contributed by atoms with Gasteiger partial charge in [-0.05, 0) is 56.1 Å². The van der Waals surface area contributed by atoms with Crippen LogP contribution in [0.15, 0.2) is 42.5 Å². The van der Waals surface area contributed by atoms with E-state index in [1.165, 1.54) is 0 Å². The third-order valence-corrected chi connectivity index (χ3v) is 4.95. The number of benzene rings is 2. The molecular formula is C21H24ClNO3. The predicted molar refractivity (Wildman–Crippen MR) is 103 cm³/mol. The first-order valence-corrected chi connectivity index (χ1v) is 9.41. The van der Waals surface area contributed by atoms with E-state index < -0.39 is 0 Å². The number of ketones is 1. The van der Waals surface area contributed by atoms with Crippen LogP contribution in [0.4, 0.5) is 0 Å². The van der Waals surface area contributed by atoms with Gasteiger partial charge in [0.1, 0.15) is 0 Å². The van der Waals surface area contributed by atoms with Crippen LogP contribution >= 0.6 is 11.6 Å². The summed E-state index contributed by atoms with van der Waals surface area (Å²) in [6, 6.07) is 12.6. The Morgan fingerprint density at radius 2 is 2.15 bits per heavy atom. The minimum absolute atomic E-state index is 0.00862. The number of phenolic OH excluding ortho intramolecular Hbond substituents is 1. The van der Waals surface area contributed by atoms with Crippen LogP contribution in [-0.2, 0) is 6.54 Å². The highest BCUT2D eigenvalue weighted by atomic mass is 35.5. The van der Waals surface area contributed by atoms with Gasteiger partial charge in [-0.3, -0.25) is 9.69 Å². The maximum Gasteiger partial charge on any atom is 0.167 e. The summed E-state index contributed by atoms with van der Waals surface area (Å²) in [6.07, 6.45) is 1.90. The number of hydrogen-bond acceptors (Lipinski definition) is 4. The van der Waals surface area contributed by atoms with Crippen molar-refractivity contribution in [2.75, 3.05) is 19.7 Å². The Kier molecular flexibility index (Phi) is 6.17. The summed E-state index contributed by atoms with van der Waals surface area (Å²) in [5.41, 5.74) is 1.76. The molecule has 0 radical (unpaired) electrons. The monoisotopic (exact) mass is 373 g/mol. The Morgan fingerprint density at radius 1 is 1.31 bits per heavy atom. The fourth-order valence-corrected chi connectivity index (χ4v) is 3.67. The van der Waals surface area contributed by atoms with Crippen LogP contribution in [0.25, 0.3) is 0 Å². The Morgan fingerprint density at radius 3 is 2.92 bits per heavy atom. The number of ether oxygens (including phenoxy) is 1. The topological polar surface area (TPSA) is 49.8 Å². The molecule has 1 aliphatic rings. The van der Waals surface area contributed by atoms with Gasteiger partial charge in [-0.1, -0.05) is 29.8 Å². The van der Waals surface area contributed by atoms with Gasteiger partial charge in [0.05, 0.1) is 6.61 Å². The number of rotatable bonds is 6. The summed E-state index contributed by atoms with van der Waals surface area (Å²) >= 11 is 6.02. The normalized spacial score (nSPS) is 17.8. The minimum atomic E-state index is -0.00862. The molecule has 138 valence electrons. The van der Waals surface area contributed by atoms with Crippen LogP contribution in [-0.4, -0.2) is 35.5 Å². The first-order valence-electron chi connectivity index (χ1n) is 9.03. The van der Waals surface area contributed by atoms with E-state index in [0.717, 1.165) is 38.0 Å². The van der Waals surface area contributed by atoms with Crippen molar-refractivity contribution in [1.29, 1.82) is 0 Å². The summed E-state index contributed by atoms with van der Waals surface area (Å²) in [6.45, 7) is 4.83. The molecule has 26 heavy (non-hydrogen) atoms. The van der Waals surface area contributed by atoms with E-state index in [9.17, 15) is 9.90 Å². The van der Waals surface area contributed by atoms with Gasteiger partial charge in [0, 0.05) is 29.6 Å². The quantitative estimate of drug-likeness (QED) is 0.755. The lowest BCUT2D eigenvalue weighted by molar-refractivity contribution is 0.0811. The second kappa shape index (κ2) is 8.56. The zero-order valence-electron chi connectivity index (χ0n) is 15.0. The second-order valence-electron chi connectivity index (χ2n) is 6.68. The van der Waals surface area contributed by atoms with Gasteiger partial charge >= 0.3 is 0 Å². The van der Waals surface area contributed by atoms with E-state index in [1.807, 2.05) is 31.2 Å². The number of nitrogens with zero attached hydrogens (tertiary/aromatic N) is 1. The van der Waals surface area contributed by atoms with Crippen molar-refractivity contribution in [3.05, 3.63) is 58.6 Å². The third kappa shape index (κ3) is 4.57. The molecule has 4 nitrogen and oxygen atoms in total. The molecule has 1 N–H and O–H groups in total. The molecule has 2 aromatic carbocycles. The van der Waals surface area contributed by atoms with Crippen LogP contribution in [0.2, 0.25) is 5.02 Å².